The highest BCUT2D eigenvalue weighted by molar-refractivity contribution is 8.00. The molecule has 1 aliphatic rings. The molecule has 112 valence electrons. The minimum absolute atomic E-state index is 0.0560. The van der Waals surface area contributed by atoms with E-state index in [1.165, 1.54) is 30.8 Å². The zero-order valence-electron chi connectivity index (χ0n) is 13.1. The standard InChI is InChI=1S/C17H28N2S/c1-16(2)9-10-19(11-12-20-16)14-17(3,13-18)15-7-5-4-6-8-15/h4-8H,9-14,18H2,1-3H3. The fraction of sp³-hybridized carbons (Fsp3) is 0.647. The Bertz CT molecular complexity index is 418. The fourth-order valence-electron chi connectivity index (χ4n) is 2.83. The van der Waals surface area contributed by atoms with E-state index in [-0.39, 0.29) is 5.41 Å². The van der Waals surface area contributed by atoms with Crippen LogP contribution in [0.5, 0.6) is 0 Å². The third-order valence-corrected chi connectivity index (χ3v) is 5.80. The van der Waals surface area contributed by atoms with E-state index in [1.807, 2.05) is 0 Å². The SMILES string of the molecule is CC1(C)CCN(CC(C)(CN)c2ccccc2)CCS1. The molecule has 0 amide bonds. The molecule has 1 aliphatic heterocycles. The van der Waals surface area contributed by atoms with Crippen LogP contribution in [0.2, 0.25) is 0 Å². The first-order valence-corrected chi connectivity index (χ1v) is 8.56. The van der Waals surface area contributed by atoms with Gasteiger partial charge in [0.05, 0.1) is 0 Å². The Balaban J connectivity index is 2.06. The summed E-state index contributed by atoms with van der Waals surface area (Å²) in [5, 5.41) is 0. The molecule has 0 aliphatic carbocycles. The molecule has 0 radical (unpaired) electrons. The molecule has 2 rings (SSSR count). The first kappa shape index (κ1) is 15.9. The Morgan fingerprint density at radius 2 is 1.95 bits per heavy atom. The van der Waals surface area contributed by atoms with Gasteiger partial charge in [0.25, 0.3) is 0 Å². The summed E-state index contributed by atoms with van der Waals surface area (Å²) in [6.45, 7) is 11.1. The number of rotatable bonds is 4. The van der Waals surface area contributed by atoms with Gasteiger partial charge < -0.3 is 10.6 Å². The van der Waals surface area contributed by atoms with Crippen LogP contribution in [0.3, 0.4) is 0 Å². The van der Waals surface area contributed by atoms with Crippen molar-refractivity contribution in [1.82, 2.24) is 4.90 Å². The fourth-order valence-corrected chi connectivity index (χ4v) is 3.97. The number of benzene rings is 1. The smallest absolute Gasteiger partial charge is 0.0174 e. The van der Waals surface area contributed by atoms with Crippen LogP contribution < -0.4 is 5.73 Å². The lowest BCUT2D eigenvalue weighted by Gasteiger charge is -2.35. The van der Waals surface area contributed by atoms with Crippen LogP contribution in [0.15, 0.2) is 30.3 Å². The zero-order chi connectivity index (χ0) is 14.6. The van der Waals surface area contributed by atoms with Gasteiger partial charge in [-0.15, -0.1) is 0 Å². The van der Waals surface area contributed by atoms with Crippen molar-refractivity contribution in [3.8, 4) is 0 Å². The van der Waals surface area contributed by atoms with E-state index in [1.54, 1.807) is 0 Å². The van der Waals surface area contributed by atoms with Gasteiger partial charge in [-0.25, -0.2) is 0 Å². The third kappa shape index (κ3) is 4.00. The van der Waals surface area contributed by atoms with Crippen LogP contribution in [-0.2, 0) is 5.41 Å². The number of hydrogen-bond acceptors (Lipinski definition) is 3. The van der Waals surface area contributed by atoms with E-state index >= 15 is 0 Å². The van der Waals surface area contributed by atoms with Crippen molar-refractivity contribution in [3.63, 3.8) is 0 Å². The van der Waals surface area contributed by atoms with Crippen molar-refractivity contribution in [2.24, 2.45) is 5.73 Å². The second-order valence-corrected chi connectivity index (χ2v) is 8.57. The van der Waals surface area contributed by atoms with Crippen LogP contribution in [0.25, 0.3) is 0 Å². The highest BCUT2D eigenvalue weighted by Gasteiger charge is 2.30. The molecule has 1 saturated heterocycles. The van der Waals surface area contributed by atoms with Crippen LogP contribution in [0.1, 0.15) is 32.8 Å². The van der Waals surface area contributed by atoms with Gasteiger partial charge in [-0.2, -0.15) is 11.8 Å². The molecular weight excluding hydrogens is 264 g/mol. The van der Waals surface area contributed by atoms with Crippen molar-refractivity contribution >= 4 is 11.8 Å². The minimum atomic E-state index is 0.0560. The van der Waals surface area contributed by atoms with Gasteiger partial charge in [-0.05, 0) is 18.5 Å². The van der Waals surface area contributed by atoms with E-state index in [9.17, 15) is 0 Å². The predicted octanol–water partition coefficient (Wildman–Crippen LogP) is 3.12. The lowest BCUT2D eigenvalue weighted by molar-refractivity contribution is 0.225. The van der Waals surface area contributed by atoms with Gasteiger partial charge in [-0.3, -0.25) is 0 Å². The summed E-state index contributed by atoms with van der Waals surface area (Å²) in [5.41, 5.74) is 7.53. The van der Waals surface area contributed by atoms with Gasteiger partial charge in [0.2, 0.25) is 0 Å². The molecule has 0 aromatic heterocycles. The van der Waals surface area contributed by atoms with E-state index in [0.717, 1.165) is 6.54 Å². The molecule has 0 bridgehead atoms. The molecule has 1 heterocycles. The Morgan fingerprint density at radius 1 is 1.25 bits per heavy atom. The van der Waals surface area contributed by atoms with Gasteiger partial charge in [0, 0.05) is 35.5 Å². The van der Waals surface area contributed by atoms with Crippen molar-refractivity contribution in [2.75, 3.05) is 31.9 Å². The van der Waals surface area contributed by atoms with Gasteiger partial charge >= 0.3 is 0 Å². The topological polar surface area (TPSA) is 29.3 Å². The van der Waals surface area contributed by atoms with E-state index in [4.69, 9.17) is 5.73 Å². The highest BCUT2D eigenvalue weighted by Crippen LogP contribution is 2.32. The number of hydrogen-bond donors (Lipinski definition) is 1. The molecule has 1 fully saturated rings. The quantitative estimate of drug-likeness (QED) is 0.924. The second kappa shape index (κ2) is 6.50. The van der Waals surface area contributed by atoms with Crippen LogP contribution in [-0.4, -0.2) is 41.6 Å². The normalized spacial score (nSPS) is 23.0. The molecule has 20 heavy (non-hydrogen) atoms. The number of thioether (sulfide) groups is 1. The Hall–Kier alpha value is -0.510. The second-order valence-electron chi connectivity index (χ2n) is 6.77. The monoisotopic (exact) mass is 292 g/mol. The first-order chi connectivity index (χ1) is 9.45. The lowest BCUT2D eigenvalue weighted by Crippen LogP contribution is -2.44. The first-order valence-electron chi connectivity index (χ1n) is 7.57. The average molecular weight is 292 g/mol. The van der Waals surface area contributed by atoms with E-state index < -0.39 is 0 Å². The van der Waals surface area contributed by atoms with Gasteiger partial charge in [0.1, 0.15) is 0 Å². The lowest BCUT2D eigenvalue weighted by atomic mass is 9.82. The maximum absolute atomic E-state index is 6.12. The van der Waals surface area contributed by atoms with Crippen molar-refractivity contribution < 1.29 is 0 Å². The molecule has 1 aromatic carbocycles. The largest absolute Gasteiger partial charge is 0.330 e. The maximum Gasteiger partial charge on any atom is 0.0174 e. The summed E-state index contributed by atoms with van der Waals surface area (Å²) in [7, 11) is 0. The predicted molar refractivity (Wildman–Crippen MR) is 90.4 cm³/mol. The molecule has 1 unspecified atom stereocenters. The van der Waals surface area contributed by atoms with Crippen LogP contribution in [0.4, 0.5) is 0 Å². The summed E-state index contributed by atoms with van der Waals surface area (Å²) in [6, 6.07) is 10.7. The Kier molecular flexibility index (Phi) is 5.16. The highest BCUT2D eigenvalue weighted by atomic mass is 32.2. The Morgan fingerprint density at radius 3 is 2.60 bits per heavy atom. The molecule has 1 aromatic rings. The summed E-state index contributed by atoms with van der Waals surface area (Å²) >= 11 is 2.10. The molecule has 2 nitrogen and oxygen atoms in total. The van der Waals surface area contributed by atoms with Gasteiger partial charge in [0.15, 0.2) is 0 Å². The number of nitrogens with two attached hydrogens (primary N) is 1. The van der Waals surface area contributed by atoms with Crippen molar-refractivity contribution in [2.45, 2.75) is 37.4 Å². The average Bonchev–Trinajstić information content (AvgIpc) is 2.61. The Labute approximate surface area is 128 Å². The molecular formula is C17H28N2S. The molecule has 0 spiro atoms. The van der Waals surface area contributed by atoms with Gasteiger partial charge in [-0.1, -0.05) is 51.1 Å². The summed E-state index contributed by atoms with van der Waals surface area (Å²) in [6.07, 6.45) is 1.26. The van der Waals surface area contributed by atoms with Crippen molar-refractivity contribution in [1.29, 1.82) is 0 Å². The molecule has 2 N–H and O–H groups in total. The van der Waals surface area contributed by atoms with E-state index in [2.05, 4.69) is 67.8 Å². The summed E-state index contributed by atoms with van der Waals surface area (Å²) in [5.74, 6) is 1.22. The maximum atomic E-state index is 6.12. The van der Waals surface area contributed by atoms with E-state index in [0.29, 0.717) is 11.3 Å². The number of nitrogens with zero attached hydrogens (tertiary/aromatic N) is 1. The van der Waals surface area contributed by atoms with Crippen LogP contribution >= 0.6 is 11.8 Å². The minimum Gasteiger partial charge on any atom is -0.330 e. The summed E-state index contributed by atoms with van der Waals surface area (Å²) in [4.78, 5) is 2.60. The molecule has 3 heteroatoms. The van der Waals surface area contributed by atoms with Crippen molar-refractivity contribution in [3.05, 3.63) is 35.9 Å². The third-order valence-electron chi connectivity index (χ3n) is 4.42. The van der Waals surface area contributed by atoms with Crippen LogP contribution in [0, 0.1) is 0 Å². The molecule has 0 saturated carbocycles. The zero-order valence-corrected chi connectivity index (χ0v) is 13.9. The summed E-state index contributed by atoms with van der Waals surface area (Å²) < 4.78 is 0.417. The molecule has 1 atom stereocenters.